The number of nitrogens with one attached hydrogen (secondary N) is 1. The highest BCUT2D eigenvalue weighted by Gasteiger charge is 1.96. The van der Waals surface area contributed by atoms with Crippen LogP contribution < -0.4 is 11.1 Å². The number of nitrogens with zero attached hydrogens (tertiary/aromatic N) is 2. The van der Waals surface area contributed by atoms with Gasteiger partial charge >= 0.3 is 0 Å². The number of unbranched alkanes of at least 4 members (excludes halogenated alkanes) is 16. The Morgan fingerprint density at radius 2 is 1.15 bits per heavy atom. The first-order chi connectivity index (χ1) is 13.3. The molecule has 0 saturated carbocycles. The van der Waals surface area contributed by atoms with Gasteiger partial charge in [0.15, 0.2) is 0 Å². The van der Waals surface area contributed by atoms with Crippen molar-refractivity contribution in [3.63, 3.8) is 0 Å². The van der Waals surface area contributed by atoms with Gasteiger partial charge in [-0.05, 0) is 12.5 Å². The zero-order valence-electron chi connectivity index (χ0n) is 17.9. The fourth-order valence-corrected chi connectivity index (χ4v) is 3.54. The fourth-order valence-electron chi connectivity index (χ4n) is 3.54. The lowest BCUT2D eigenvalue weighted by Crippen LogP contribution is -2.05. The minimum Gasteiger partial charge on any atom is -0.370 e. The molecule has 0 unspecified atom stereocenters. The van der Waals surface area contributed by atoms with Crippen molar-refractivity contribution in [3.05, 3.63) is 12.3 Å². The average molecular weight is 377 g/mol. The number of hydrogen-bond donors (Lipinski definition) is 2. The summed E-state index contributed by atoms with van der Waals surface area (Å²) in [6, 6.07) is 1.87. The van der Waals surface area contributed by atoms with Gasteiger partial charge in [-0.25, -0.2) is 4.98 Å². The normalized spacial score (nSPS) is 11.0. The Balaban J connectivity index is 1.72. The fraction of sp³-hybridized carbons (Fsp3) is 0.826. The first-order valence-electron chi connectivity index (χ1n) is 11.7. The maximum Gasteiger partial charge on any atom is 0.221 e. The van der Waals surface area contributed by atoms with Crippen LogP contribution in [0.25, 0.3) is 0 Å². The summed E-state index contributed by atoms with van der Waals surface area (Å²) < 4.78 is 0. The van der Waals surface area contributed by atoms with Crippen molar-refractivity contribution in [1.29, 1.82) is 0 Å². The zero-order chi connectivity index (χ0) is 19.4. The van der Waals surface area contributed by atoms with Crippen molar-refractivity contribution in [2.45, 2.75) is 116 Å². The maximum absolute atomic E-state index is 5.57. The van der Waals surface area contributed by atoms with Gasteiger partial charge in [0, 0.05) is 12.7 Å². The van der Waals surface area contributed by atoms with Gasteiger partial charge in [0.25, 0.3) is 0 Å². The molecule has 4 nitrogen and oxygen atoms in total. The molecule has 0 aliphatic heterocycles. The molecule has 0 amide bonds. The van der Waals surface area contributed by atoms with E-state index in [2.05, 4.69) is 22.2 Å². The van der Waals surface area contributed by atoms with Gasteiger partial charge in [-0.3, -0.25) is 0 Å². The summed E-state index contributed by atoms with van der Waals surface area (Å²) in [7, 11) is 0. The predicted octanol–water partition coefficient (Wildman–Crippen LogP) is 7.12. The molecule has 4 heteroatoms. The highest BCUT2D eigenvalue weighted by molar-refractivity contribution is 5.36. The van der Waals surface area contributed by atoms with Crippen LogP contribution in [0.2, 0.25) is 0 Å². The van der Waals surface area contributed by atoms with Crippen LogP contribution in [0.3, 0.4) is 0 Å². The molecule has 0 saturated heterocycles. The molecule has 27 heavy (non-hydrogen) atoms. The van der Waals surface area contributed by atoms with Crippen molar-refractivity contribution in [2.75, 3.05) is 17.6 Å². The van der Waals surface area contributed by atoms with Crippen LogP contribution in [0, 0.1) is 0 Å². The highest BCUT2D eigenvalue weighted by atomic mass is 15.1. The molecule has 0 aliphatic rings. The number of anilines is 2. The van der Waals surface area contributed by atoms with E-state index in [1.54, 1.807) is 6.20 Å². The van der Waals surface area contributed by atoms with Gasteiger partial charge in [-0.2, -0.15) is 4.98 Å². The monoisotopic (exact) mass is 376 g/mol. The van der Waals surface area contributed by atoms with Crippen LogP contribution in [0.15, 0.2) is 12.3 Å². The molecule has 156 valence electrons. The average Bonchev–Trinajstić information content (AvgIpc) is 2.67. The second-order valence-electron chi connectivity index (χ2n) is 7.88. The lowest BCUT2D eigenvalue weighted by Gasteiger charge is -2.06. The van der Waals surface area contributed by atoms with Gasteiger partial charge < -0.3 is 11.1 Å². The first-order valence-corrected chi connectivity index (χ1v) is 11.7. The van der Waals surface area contributed by atoms with Crippen LogP contribution in [0.1, 0.15) is 116 Å². The summed E-state index contributed by atoms with van der Waals surface area (Å²) in [4.78, 5) is 8.04. The van der Waals surface area contributed by atoms with Crippen LogP contribution >= 0.6 is 0 Å². The van der Waals surface area contributed by atoms with Crippen LogP contribution in [-0.2, 0) is 0 Å². The smallest absolute Gasteiger partial charge is 0.221 e. The number of nitrogen functional groups attached to an aromatic ring is 1. The van der Waals surface area contributed by atoms with Crippen molar-refractivity contribution in [3.8, 4) is 0 Å². The van der Waals surface area contributed by atoms with Crippen molar-refractivity contribution >= 4 is 11.8 Å². The third-order valence-corrected chi connectivity index (χ3v) is 5.26. The Hall–Kier alpha value is -1.32. The van der Waals surface area contributed by atoms with Crippen molar-refractivity contribution in [2.24, 2.45) is 0 Å². The number of aromatic nitrogens is 2. The molecular formula is C23H44N4. The van der Waals surface area contributed by atoms with E-state index in [0.29, 0.717) is 5.95 Å². The van der Waals surface area contributed by atoms with Gasteiger partial charge in [-0.1, -0.05) is 110 Å². The topological polar surface area (TPSA) is 63.8 Å². The Labute approximate surface area is 168 Å². The van der Waals surface area contributed by atoms with Crippen LogP contribution in [0.4, 0.5) is 11.8 Å². The zero-order valence-corrected chi connectivity index (χ0v) is 17.9. The third kappa shape index (κ3) is 15.4. The second kappa shape index (κ2) is 18.1. The standard InChI is InChI=1S/C23H44N4/c1-2-3-4-5-6-7-8-9-10-11-12-13-14-15-16-17-18-20-25-22-19-21-26-23(24)27-22/h19,21H,2-18,20H2,1H3,(H3,24,25,26,27). The first kappa shape index (κ1) is 23.7. The Morgan fingerprint density at radius 3 is 1.59 bits per heavy atom. The van der Waals surface area contributed by atoms with Gasteiger partial charge in [-0.15, -0.1) is 0 Å². The van der Waals surface area contributed by atoms with Gasteiger partial charge in [0.1, 0.15) is 5.82 Å². The predicted molar refractivity (Wildman–Crippen MR) is 119 cm³/mol. The molecule has 0 aliphatic carbocycles. The molecule has 0 radical (unpaired) electrons. The third-order valence-electron chi connectivity index (χ3n) is 5.26. The second-order valence-corrected chi connectivity index (χ2v) is 7.88. The van der Waals surface area contributed by atoms with Crippen molar-refractivity contribution in [1.82, 2.24) is 9.97 Å². The van der Waals surface area contributed by atoms with E-state index in [-0.39, 0.29) is 0 Å². The Bertz CT molecular complexity index is 436. The van der Waals surface area contributed by atoms with Gasteiger partial charge in [0.2, 0.25) is 5.95 Å². The highest BCUT2D eigenvalue weighted by Crippen LogP contribution is 2.14. The number of hydrogen-bond acceptors (Lipinski definition) is 4. The molecule has 1 aromatic rings. The number of rotatable bonds is 19. The molecule has 1 rings (SSSR count). The molecular weight excluding hydrogens is 332 g/mol. The molecule has 1 aromatic heterocycles. The van der Waals surface area contributed by atoms with Crippen LogP contribution in [-0.4, -0.2) is 16.5 Å². The quantitative estimate of drug-likeness (QED) is 0.252. The molecule has 0 bridgehead atoms. The Morgan fingerprint density at radius 1 is 0.704 bits per heavy atom. The summed E-state index contributed by atoms with van der Waals surface area (Å²) in [5.41, 5.74) is 5.57. The molecule has 3 N–H and O–H groups in total. The van der Waals surface area contributed by atoms with E-state index in [9.17, 15) is 0 Å². The molecule has 0 aromatic carbocycles. The summed E-state index contributed by atoms with van der Waals surface area (Å²) in [5, 5.41) is 3.31. The largest absolute Gasteiger partial charge is 0.370 e. The molecule has 0 fully saturated rings. The minimum atomic E-state index is 0.336. The summed E-state index contributed by atoms with van der Waals surface area (Å²) in [5.74, 6) is 1.17. The minimum absolute atomic E-state index is 0.336. The maximum atomic E-state index is 5.57. The number of nitrogens with two attached hydrogens (primary N) is 1. The molecule has 1 heterocycles. The van der Waals surface area contributed by atoms with Gasteiger partial charge in [0.05, 0.1) is 0 Å². The molecule has 0 spiro atoms. The lowest BCUT2D eigenvalue weighted by molar-refractivity contribution is 0.528. The van der Waals surface area contributed by atoms with Crippen LogP contribution in [0.5, 0.6) is 0 Å². The summed E-state index contributed by atoms with van der Waals surface area (Å²) in [6.07, 6.45) is 25.6. The van der Waals surface area contributed by atoms with Crippen molar-refractivity contribution < 1.29 is 0 Å². The van der Waals surface area contributed by atoms with E-state index >= 15 is 0 Å². The summed E-state index contributed by atoms with van der Waals surface area (Å²) in [6.45, 7) is 3.26. The summed E-state index contributed by atoms with van der Waals surface area (Å²) >= 11 is 0. The van der Waals surface area contributed by atoms with E-state index in [1.165, 1.54) is 109 Å². The molecule has 0 atom stereocenters. The van der Waals surface area contributed by atoms with E-state index < -0.39 is 0 Å². The van der Waals surface area contributed by atoms with E-state index in [4.69, 9.17) is 5.73 Å². The van der Waals surface area contributed by atoms with E-state index in [1.807, 2.05) is 6.07 Å². The SMILES string of the molecule is CCCCCCCCCCCCCCCCCCCNc1ccnc(N)n1. The lowest BCUT2D eigenvalue weighted by atomic mass is 10.0. The Kier molecular flexibility index (Phi) is 15.9. The van der Waals surface area contributed by atoms with E-state index in [0.717, 1.165) is 12.4 Å².